The molecule has 0 aromatic carbocycles. The monoisotopic (exact) mass is 133 g/mol. The maximum atomic E-state index is 3.18. The summed E-state index contributed by atoms with van der Waals surface area (Å²) >= 11 is 0. The molecule has 1 aromatic heterocycles. The molecule has 0 saturated heterocycles. The molecule has 2 heterocycles. The predicted molar refractivity (Wildman–Crippen MR) is 39.5 cm³/mol. The van der Waals surface area contributed by atoms with Crippen molar-refractivity contribution in [1.29, 1.82) is 0 Å². The largest absolute Gasteiger partial charge is 0.357 e. The minimum absolute atomic E-state index is 1.00. The summed E-state index contributed by atoms with van der Waals surface area (Å²) in [6.07, 6.45) is 7.01. The lowest BCUT2D eigenvalue weighted by molar-refractivity contribution is -0.388. The summed E-state index contributed by atoms with van der Waals surface area (Å²) in [4.78, 5) is 3.18. The van der Waals surface area contributed by atoms with Gasteiger partial charge in [0.05, 0.1) is 6.42 Å². The van der Waals surface area contributed by atoms with Crippen molar-refractivity contribution in [3.05, 3.63) is 36.3 Å². The van der Waals surface area contributed by atoms with Crippen LogP contribution in [0.4, 0.5) is 5.69 Å². The van der Waals surface area contributed by atoms with Gasteiger partial charge in [0.1, 0.15) is 5.69 Å². The van der Waals surface area contributed by atoms with E-state index in [2.05, 4.69) is 22.4 Å². The lowest BCUT2D eigenvalue weighted by Crippen LogP contribution is -2.14. The topological polar surface area (TPSA) is 26.2 Å². The smallest absolute Gasteiger partial charge is 0.207 e. The molecular formula is C8H9N2+. The second-order valence-electron chi connectivity index (χ2n) is 2.31. The van der Waals surface area contributed by atoms with Crippen molar-refractivity contribution >= 4 is 5.69 Å². The maximum absolute atomic E-state index is 3.18. The van der Waals surface area contributed by atoms with Gasteiger partial charge in [0.25, 0.3) is 0 Å². The number of aromatic nitrogens is 1. The van der Waals surface area contributed by atoms with Gasteiger partial charge < -0.3 is 5.32 Å². The van der Waals surface area contributed by atoms with E-state index < -0.39 is 0 Å². The van der Waals surface area contributed by atoms with Crippen molar-refractivity contribution < 1.29 is 4.98 Å². The zero-order valence-corrected chi connectivity index (χ0v) is 5.59. The lowest BCUT2D eigenvalue weighted by atomic mass is 10.2. The van der Waals surface area contributed by atoms with E-state index in [-0.39, 0.29) is 0 Å². The van der Waals surface area contributed by atoms with Crippen LogP contribution in [-0.2, 0) is 6.42 Å². The molecule has 1 aromatic rings. The Kier molecular flexibility index (Phi) is 1.17. The van der Waals surface area contributed by atoms with Crippen LogP contribution in [0.15, 0.2) is 30.6 Å². The number of H-pyrrole nitrogens is 1. The Morgan fingerprint density at radius 2 is 2.50 bits per heavy atom. The molecule has 0 unspecified atom stereocenters. The van der Waals surface area contributed by atoms with E-state index in [0.29, 0.717) is 0 Å². The summed E-state index contributed by atoms with van der Waals surface area (Å²) in [5.74, 6) is 0. The Morgan fingerprint density at radius 1 is 1.50 bits per heavy atom. The number of aromatic amines is 1. The summed E-state index contributed by atoms with van der Waals surface area (Å²) in [6, 6.07) is 4.06. The summed E-state index contributed by atoms with van der Waals surface area (Å²) in [6.45, 7) is 0. The van der Waals surface area contributed by atoms with Gasteiger partial charge >= 0.3 is 0 Å². The summed E-state index contributed by atoms with van der Waals surface area (Å²) in [5, 5.41) is 3.15. The van der Waals surface area contributed by atoms with Crippen LogP contribution >= 0.6 is 0 Å². The van der Waals surface area contributed by atoms with Gasteiger partial charge in [-0.05, 0) is 12.3 Å². The zero-order chi connectivity index (χ0) is 6.81. The van der Waals surface area contributed by atoms with Crippen molar-refractivity contribution in [2.24, 2.45) is 0 Å². The minimum atomic E-state index is 1.00. The highest BCUT2D eigenvalue weighted by Crippen LogP contribution is 2.13. The molecule has 1 aliphatic heterocycles. The molecule has 1 aliphatic rings. The third-order valence-corrected chi connectivity index (χ3v) is 1.62. The van der Waals surface area contributed by atoms with E-state index in [0.717, 1.165) is 6.42 Å². The van der Waals surface area contributed by atoms with E-state index in [1.54, 1.807) is 0 Å². The molecule has 2 rings (SSSR count). The Balaban J connectivity index is 2.47. The van der Waals surface area contributed by atoms with Crippen LogP contribution in [0.2, 0.25) is 0 Å². The van der Waals surface area contributed by atoms with Gasteiger partial charge in [-0.3, -0.25) is 0 Å². The first-order valence-corrected chi connectivity index (χ1v) is 3.38. The quantitative estimate of drug-likeness (QED) is 0.561. The minimum Gasteiger partial charge on any atom is -0.357 e. The van der Waals surface area contributed by atoms with E-state index in [9.17, 15) is 0 Å². The van der Waals surface area contributed by atoms with Gasteiger partial charge in [-0.2, -0.15) is 0 Å². The Hall–Kier alpha value is -1.31. The van der Waals surface area contributed by atoms with Gasteiger partial charge in [0.15, 0.2) is 6.20 Å². The van der Waals surface area contributed by atoms with Crippen molar-refractivity contribution in [1.82, 2.24) is 0 Å². The first kappa shape index (κ1) is 5.47. The van der Waals surface area contributed by atoms with Crippen molar-refractivity contribution in [3.63, 3.8) is 0 Å². The first-order chi connectivity index (χ1) is 4.97. The predicted octanol–water partition coefficient (Wildman–Crippen LogP) is 0.982. The van der Waals surface area contributed by atoms with Gasteiger partial charge in [0.2, 0.25) is 5.69 Å². The fourth-order valence-electron chi connectivity index (χ4n) is 1.10. The van der Waals surface area contributed by atoms with Crippen LogP contribution in [0.25, 0.3) is 0 Å². The highest BCUT2D eigenvalue weighted by atomic mass is 14.9. The van der Waals surface area contributed by atoms with Crippen LogP contribution < -0.4 is 10.3 Å². The molecule has 50 valence electrons. The van der Waals surface area contributed by atoms with Gasteiger partial charge in [0, 0.05) is 6.07 Å². The summed E-state index contributed by atoms with van der Waals surface area (Å²) in [7, 11) is 0. The maximum Gasteiger partial charge on any atom is 0.207 e. The van der Waals surface area contributed by atoms with Crippen molar-refractivity contribution in [2.75, 3.05) is 5.32 Å². The van der Waals surface area contributed by atoms with E-state index >= 15 is 0 Å². The van der Waals surface area contributed by atoms with Crippen LogP contribution in [0.1, 0.15) is 5.69 Å². The molecule has 0 aliphatic carbocycles. The third kappa shape index (κ3) is 0.778. The van der Waals surface area contributed by atoms with E-state index in [1.807, 2.05) is 18.5 Å². The standard InChI is InChI=1S/C8H8N2/c1-3-7-8(9-5-1)4-2-6-10-7/h1-3,5-6,10H,4H2/p+1. The molecule has 0 bridgehead atoms. The molecule has 10 heavy (non-hydrogen) atoms. The second-order valence-corrected chi connectivity index (χ2v) is 2.31. The first-order valence-electron chi connectivity index (χ1n) is 3.38. The number of allylic oxidation sites excluding steroid dienone is 1. The number of nitrogens with one attached hydrogen (secondary N) is 2. The second kappa shape index (κ2) is 2.14. The number of hydrogen-bond donors (Lipinski definition) is 1. The number of pyridine rings is 1. The SMILES string of the molecule is C1=CNc2ccc[nH+]c2C1. The molecule has 2 heteroatoms. The Labute approximate surface area is 59.6 Å². The van der Waals surface area contributed by atoms with Crippen molar-refractivity contribution in [3.8, 4) is 0 Å². The van der Waals surface area contributed by atoms with Crippen LogP contribution in [0.3, 0.4) is 0 Å². The van der Waals surface area contributed by atoms with Gasteiger partial charge in [-0.25, -0.2) is 4.98 Å². The number of anilines is 1. The molecule has 0 amide bonds. The fourth-order valence-corrected chi connectivity index (χ4v) is 1.10. The van der Waals surface area contributed by atoms with Crippen molar-refractivity contribution in [2.45, 2.75) is 6.42 Å². The average Bonchev–Trinajstić information content (AvgIpc) is 2.05. The van der Waals surface area contributed by atoms with Crippen LogP contribution in [0, 0.1) is 0 Å². The molecular weight excluding hydrogens is 124 g/mol. The van der Waals surface area contributed by atoms with Gasteiger partial charge in [-0.15, -0.1) is 0 Å². The molecule has 0 atom stereocenters. The highest BCUT2D eigenvalue weighted by molar-refractivity contribution is 5.50. The molecule has 0 fully saturated rings. The number of rotatable bonds is 0. The van der Waals surface area contributed by atoms with Crippen LogP contribution in [-0.4, -0.2) is 0 Å². The number of fused-ring (bicyclic) bond motifs is 1. The molecule has 2 nitrogen and oxygen atoms in total. The molecule has 0 saturated carbocycles. The third-order valence-electron chi connectivity index (χ3n) is 1.62. The average molecular weight is 133 g/mol. The number of hydrogen-bond acceptors (Lipinski definition) is 1. The lowest BCUT2D eigenvalue weighted by Gasteiger charge is -2.05. The highest BCUT2D eigenvalue weighted by Gasteiger charge is 2.07. The Bertz CT molecular complexity index is 239. The summed E-state index contributed by atoms with van der Waals surface area (Å²) in [5.41, 5.74) is 2.44. The van der Waals surface area contributed by atoms with Gasteiger partial charge in [-0.1, -0.05) is 6.08 Å². The Morgan fingerprint density at radius 3 is 3.40 bits per heavy atom. The zero-order valence-electron chi connectivity index (χ0n) is 5.59. The molecule has 2 N–H and O–H groups in total. The van der Waals surface area contributed by atoms with E-state index in [4.69, 9.17) is 0 Å². The fraction of sp³-hybridized carbons (Fsp3) is 0.125. The normalized spacial score (nSPS) is 14.0. The molecule has 0 spiro atoms. The van der Waals surface area contributed by atoms with Crippen LogP contribution in [0.5, 0.6) is 0 Å². The van der Waals surface area contributed by atoms with E-state index in [1.165, 1.54) is 11.4 Å². The molecule has 0 radical (unpaired) electrons. The summed E-state index contributed by atoms with van der Waals surface area (Å²) < 4.78 is 0.